The average Bonchev–Trinajstić information content (AvgIpc) is 2.75. The van der Waals surface area contributed by atoms with Gasteiger partial charge in [-0.2, -0.15) is 4.40 Å². The molecule has 0 aliphatic heterocycles. The summed E-state index contributed by atoms with van der Waals surface area (Å²) in [7, 11) is 0. The van der Waals surface area contributed by atoms with E-state index in [1.807, 2.05) is 0 Å². The van der Waals surface area contributed by atoms with Crippen molar-refractivity contribution in [2.45, 2.75) is 6.54 Å². The van der Waals surface area contributed by atoms with Crippen molar-refractivity contribution in [2.75, 3.05) is 13.1 Å². The fourth-order valence-corrected chi connectivity index (χ4v) is 2.03. The number of nitro groups is 1. The van der Waals surface area contributed by atoms with Crippen molar-refractivity contribution < 1.29 is 14.8 Å². The first kappa shape index (κ1) is 14.5. The second-order valence-corrected chi connectivity index (χ2v) is 4.31. The lowest BCUT2D eigenvalue weighted by molar-refractivity contribution is -0.391. The maximum atomic E-state index is 11.2. The van der Waals surface area contributed by atoms with Gasteiger partial charge >= 0.3 is 11.8 Å². The molecule has 0 amide bonds. The molecule has 8 nitrogen and oxygen atoms in total. The summed E-state index contributed by atoms with van der Waals surface area (Å²) in [4.78, 5) is 27.1. The molecule has 8 heteroatoms. The molecule has 0 atom stereocenters. The summed E-state index contributed by atoms with van der Waals surface area (Å²) in [5.41, 5.74) is 0.609. The minimum Gasteiger partial charge on any atom is -0.480 e. The molecule has 0 unspecified atom stereocenters. The molecule has 2 heterocycles. The van der Waals surface area contributed by atoms with Gasteiger partial charge in [-0.1, -0.05) is 12.0 Å². The smallest absolute Gasteiger partial charge is 0.352 e. The average molecular weight is 288 g/mol. The Labute approximate surface area is 119 Å². The number of hydrogen-bond donors (Lipinski definition) is 1. The molecular weight excluding hydrogens is 276 g/mol. The molecule has 108 valence electrons. The van der Waals surface area contributed by atoms with E-state index < -0.39 is 10.9 Å². The zero-order chi connectivity index (χ0) is 15.4. The summed E-state index contributed by atoms with van der Waals surface area (Å²) in [5, 5.41) is 20.1. The van der Waals surface area contributed by atoms with E-state index >= 15 is 0 Å². The molecule has 0 saturated heterocycles. The molecular formula is C13H12N4O4. The van der Waals surface area contributed by atoms with E-state index in [2.05, 4.69) is 10.9 Å². The number of nitrogens with zero attached hydrogens (tertiary/aromatic N) is 4. The monoisotopic (exact) mass is 288 g/mol. The SMILES string of the molecule is C#CCN(CC(=O)O)Cc1nc2ccccn2c1[N+](=O)[O-]. The predicted molar refractivity (Wildman–Crippen MR) is 73.6 cm³/mol. The maximum absolute atomic E-state index is 11.2. The largest absolute Gasteiger partial charge is 0.480 e. The van der Waals surface area contributed by atoms with Crippen molar-refractivity contribution in [2.24, 2.45) is 0 Å². The third-order valence-electron chi connectivity index (χ3n) is 2.79. The third-order valence-corrected chi connectivity index (χ3v) is 2.79. The van der Waals surface area contributed by atoms with Crippen LogP contribution in [0.1, 0.15) is 5.69 Å². The summed E-state index contributed by atoms with van der Waals surface area (Å²) in [5.74, 6) is 1.09. The molecule has 0 aliphatic rings. The van der Waals surface area contributed by atoms with Crippen molar-refractivity contribution in [3.63, 3.8) is 0 Å². The molecule has 0 fully saturated rings. The summed E-state index contributed by atoms with van der Waals surface area (Å²) in [6.07, 6.45) is 6.72. The molecule has 0 saturated carbocycles. The number of hydrogen-bond acceptors (Lipinski definition) is 5. The van der Waals surface area contributed by atoms with Gasteiger partial charge in [0.05, 0.1) is 25.8 Å². The lowest BCUT2D eigenvalue weighted by Gasteiger charge is -2.15. The first-order chi connectivity index (χ1) is 10.0. The highest BCUT2D eigenvalue weighted by Crippen LogP contribution is 2.21. The van der Waals surface area contributed by atoms with Crippen LogP contribution in [0.15, 0.2) is 24.4 Å². The Morgan fingerprint density at radius 3 is 2.95 bits per heavy atom. The van der Waals surface area contributed by atoms with Crippen LogP contribution in [0.2, 0.25) is 0 Å². The summed E-state index contributed by atoms with van der Waals surface area (Å²) < 4.78 is 1.35. The number of terminal acetylenes is 1. The molecule has 2 aromatic heterocycles. The van der Waals surface area contributed by atoms with E-state index in [1.54, 1.807) is 18.2 Å². The van der Waals surface area contributed by atoms with Crippen molar-refractivity contribution in [3.05, 3.63) is 40.2 Å². The van der Waals surface area contributed by atoms with Gasteiger partial charge in [0.25, 0.3) is 0 Å². The maximum Gasteiger partial charge on any atom is 0.352 e. The van der Waals surface area contributed by atoms with Crippen LogP contribution in [0.3, 0.4) is 0 Å². The highest BCUT2D eigenvalue weighted by Gasteiger charge is 2.24. The number of fused-ring (bicyclic) bond motifs is 1. The van der Waals surface area contributed by atoms with Crippen molar-refractivity contribution in [1.29, 1.82) is 0 Å². The van der Waals surface area contributed by atoms with Crippen LogP contribution in [-0.4, -0.2) is 43.4 Å². The Kier molecular flexibility index (Phi) is 4.15. The third kappa shape index (κ3) is 3.16. The number of carboxylic acid groups (broad SMARTS) is 1. The van der Waals surface area contributed by atoms with Crippen LogP contribution in [0.4, 0.5) is 5.82 Å². The lowest BCUT2D eigenvalue weighted by Crippen LogP contribution is -2.30. The summed E-state index contributed by atoms with van der Waals surface area (Å²) in [6, 6.07) is 5.01. The van der Waals surface area contributed by atoms with Crippen molar-refractivity contribution >= 4 is 17.4 Å². The van der Waals surface area contributed by atoms with Crippen LogP contribution >= 0.6 is 0 Å². The van der Waals surface area contributed by atoms with Crippen LogP contribution in [0, 0.1) is 22.5 Å². The van der Waals surface area contributed by atoms with Gasteiger partial charge in [0, 0.05) is 6.07 Å². The van der Waals surface area contributed by atoms with E-state index in [0.717, 1.165) is 0 Å². The van der Waals surface area contributed by atoms with Gasteiger partial charge in [0.2, 0.25) is 5.65 Å². The molecule has 21 heavy (non-hydrogen) atoms. The van der Waals surface area contributed by atoms with Crippen LogP contribution in [0.25, 0.3) is 5.65 Å². The number of rotatable bonds is 6. The van der Waals surface area contributed by atoms with Crippen LogP contribution in [-0.2, 0) is 11.3 Å². The molecule has 1 N–H and O–H groups in total. The topological polar surface area (TPSA) is 101 Å². The number of carboxylic acids is 1. The van der Waals surface area contributed by atoms with Gasteiger partial charge in [-0.3, -0.25) is 9.69 Å². The van der Waals surface area contributed by atoms with Crippen molar-refractivity contribution in [1.82, 2.24) is 14.3 Å². The van der Waals surface area contributed by atoms with Gasteiger partial charge in [-0.25, -0.2) is 4.98 Å². The van der Waals surface area contributed by atoms with Gasteiger partial charge in [-0.15, -0.1) is 6.42 Å². The van der Waals surface area contributed by atoms with Gasteiger partial charge in [0.1, 0.15) is 0 Å². The Morgan fingerprint density at radius 1 is 1.57 bits per heavy atom. The molecule has 0 bridgehead atoms. The fraction of sp³-hybridized carbons (Fsp3) is 0.231. The minimum absolute atomic E-state index is 0.00546. The van der Waals surface area contributed by atoms with Gasteiger partial charge in [0.15, 0.2) is 5.69 Å². The Morgan fingerprint density at radius 2 is 2.33 bits per heavy atom. The molecule has 0 spiro atoms. The predicted octanol–water partition coefficient (Wildman–Crippen LogP) is 0.762. The van der Waals surface area contributed by atoms with Crippen molar-refractivity contribution in [3.8, 4) is 12.3 Å². The number of pyridine rings is 1. The molecule has 0 radical (unpaired) electrons. The van der Waals surface area contributed by atoms with E-state index in [-0.39, 0.29) is 31.1 Å². The molecule has 0 aromatic carbocycles. The minimum atomic E-state index is -1.06. The summed E-state index contributed by atoms with van der Waals surface area (Å²) >= 11 is 0. The Balaban J connectivity index is 2.40. The van der Waals surface area contributed by atoms with Crippen LogP contribution in [0.5, 0.6) is 0 Å². The first-order valence-electron chi connectivity index (χ1n) is 6.01. The fourth-order valence-electron chi connectivity index (χ4n) is 2.03. The summed E-state index contributed by atoms with van der Waals surface area (Å²) in [6.45, 7) is -0.249. The second kappa shape index (κ2) is 6.02. The highest BCUT2D eigenvalue weighted by atomic mass is 16.6. The highest BCUT2D eigenvalue weighted by molar-refractivity contribution is 5.69. The molecule has 2 rings (SSSR count). The number of imidazole rings is 1. The Hall–Kier alpha value is -2.92. The zero-order valence-electron chi connectivity index (χ0n) is 11.0. The van der Waals surface area contributed by atoms with Gasteiger partial charge < -0.3 is 15.2 Å². The standard InChI is InChI=1S/C13H12N4O4/c1-2-6-15(9-12(18)19)8-10-13(17(20)21)16-7-4-3-5-11(16)14-10/h1,3-5,7H,6,8-9H2,(H,18,19). The second-order valence-electron chi connectivity index (χ2n) is 4.31. The van der Waals surface area contributed by atoms with Gasteiger partial charge in [-0.05, 0) is 11.0 Å². The van der Waals surface area contributed by atoms with E-state index in [9.17, 15) is 14.9 Å². The Bertz CT molecular complexity index is 731. The normalized spacial score (nSPS) is 10.7. The number of carbonyl (C=O) groups is 1. The van der Waals surface area contributed by atoms with E-state index in [4.69, 9.17) is 11.5 Å². The molecule has 0 aliphatic carbocycles. The molecule has 2 aromatic rings. The number of aromatic nitrogens is 2. The van der Waals surface area contributed by atoms with E-state index in [0.29, 0.717) is 5.65 Å². The van der Waals surface area contributed by atoms with E-state index in [1.165, 1.54) is 15.5 Å². The quantitative estimate of drug-likeness (QED) is 0.478. The number of aliphatic carboxylic acids is 1. The van der Waals surface area contributed by atoms with Crippen LogP contribution < -0.4 is 0 Å². The first-order valence-corrected chi connectivity index (χ1v) is 6.01. The zero-order valence-corrected chi connectivity index (χ0v) is 11.0. The lowest BCUT2D eigenvalue weighted by atomic mass is 10.3.